The molecule has 1 aliphatic rings. The van der Waals surface area contributed by atoms with Crippen LogP contribution in [0.2, 0.25) is 0 Å². The fourth-order valence-electron chi connectivity index (χ4n) is 0.943. The molecule has 1 aliphatic heterocycles. The van der Waals surface area contributed by atoms with E-state index in [2.05, 4.69) is 0 Å². The van der Waals surface area contributed by atoms with Crippen LogP contribution in [0, 0.1) is 0 Å². The van der Waals surface area contributed by atoms with Gasteiger partial charge in [-0.05, 0) is 12.1 Å². The topological polar surface area (TPSA) is 20.1 Å². The predicted molar refractivity (Wildman–Crippen MR) is 38.8 cm³/mol. The van der Waals surface area contributed by atoms with Gasteiger partial charge in [-0.15, -0.1) is 0 Å². The van der Waals surface area contributed by atoms with Gasteiger partial charge in [-0.3, -0.25) is 4.79 Å². The number of anilines is 1. The quantitative estimate of drug-likeness (QED) is 0.524. The summed E-state index contributed by atoms with van der Waals surface area (Å²) in [6.45, 7) is 0.587. The van der Waals surface area contributed by atoms with Gasteiger partial charge in [0, 0.05) is 5.69 Å². The Balaban J connectivity index is 2.28. The van der Waals surface area contributed by atoms with Gasteiger partial charge in [0.15, 0.2) is 0 Å². The third-order valence-corrected chi connectivity index (χ3v) is 1.56. The third kappa shape index (κ3) is 0.778. The molecule has 2 rings (SSSR count). The zero-order chi connectivity index (χ0) is 6.97. The molecule has 1 fully saturated rings. The predicted octanol–water partition coefficient (Wildman–Crippen LogP) is 1.03. The van der Waals surface area contributed by atoms with E-state index in [-0.39, 0.29) is 5.91 Å². The van der Waals surface area contributed by atoms with Crippen LogP contribution in [0.4, 0.5) is 5.69 Å². The van der Waals surface area contributed by atoms with Gasteiger partial charge in [-0.25, -0.2) is 0 Å². The van der Waals surface area contributed by atoms with E-state index in [9.17, 15) is 4.79 Å². The minimum Gasteiger partial charge on any atom is -0.301 e. The first-order chi connectivity index (χ1) is 4.88. The summed E-state index contributed by atoms with van der Waals surface area (Å²) < 4.78 is 0. The standard InChI is InChI=1S/C8H7NO/c10-8-6-9(8)7-4-2-1-3-5-7/h1-5H,6H2. The molecule has 0 N–H and O–H groups in total. The molecule has 1 saturated heterocycles. The molecule has 0 saturated carbocycles. The van der Waals surface area contributed by atoms with E-state index in [1.807, 2.05) is 30.3 Å². The van der Waals surface area contributed by atoms with E-state index >= 15 is 0 Å². The molecular formula is C8H7NO. The summed E-state index contributed by atoms with van der Waals surface area (Å²) in [5.74, 6) is 0.214. The van der Waals surface area contributed by atoms with Crippen molar-refractivity contribution in [2.45, 2.75) is 0 Å². The maximum absolute atomic E-state index is 10.6. The maximum atomic E-state index is 10.6. The van der Waals surface area contributed by atoms with E-state index in [0.717, 1.165) is 5.69 Å². The molecule has 1 amide bonds. The Kier molecular flexibility index (Phi) is 1.01. The molecule has 0 unspecified atom stereocenters. The van der Waals surface area contributed by atoms with Crippen LogP contribution in [-0.2, 0) is 4.79 Å². The number of hydrogen-bond donors (Lipinski definition) is 0. The second-order valence-electron chi connectivity index (χ2n) is 2.32. The number of hydrogen-bond acceptors (Lipinski definition) is 1. The molecule has 0 atom stereocenters. The second-order valence-corrected chi connectivity index (χ2v) is 2.32. The van der Waals surface area contributed by atoms with Crippen molar-refractivity contribution in [3.05, 3.63) is 30.3 Å². The van der Waals surface area contributed by atoms with Crippen LogP contribution < -0.4 is 4.90 Å². The summed E-state index contributed by atoms with van der Waals surface area (Å²) in [6, 6.07) is 9.68. The molecule has 2 nitrogen and oxygen atoms in total. The van der Waals surface area contributed by atoms with Crippen LogP contribution in [0.3, 0.4) is 0 Å². The van der Waals surface area contributed by atoms with Crippen molar-refractivity contribution < 1.29 is 4.79 Å². The molecule has 2 heteroatoms. The zero-order valence-corrected chi connectivity index (χ0v) is 5.45. The van der Waals surface area contributed by atoms with Crippen LogP contribution in [0.1, 0.15) is 0 Å². The fourth-order valence-corrected chi connectivity index (χ4v) is 0.943. The number of para-hydroxylation sites is 1. The number of benzene rings is 1. The molecule has 0 aromatic heterocycles. The van der Waals surface area contributed by atoms with Crippen LogP contribution >= 0.6 is 0 Å². The second kappa shape index (κ2) is 1.84. The summed E-state index contributed by atoms with van der Waals surface area (Å²) in [5, 5.41) is 0. The van der Waals surface area contributed by atoms with E-state index in [1.165, 1.54) is 0 Å². The number of amides is 1. The number of carbonyl (C=O) groups excluding carboxylic acids is 1. The highest BCUT2D eigenvalue weighted by atomic mass is 16.2. The number of rotatable bonds is 1. The Morgan fingerprint density at radius 1 is 1.20 bits per heavy atom. The van der Waals surface area contributed by atoms with Crippen LogP contribution in [0.25, 0.3) is 0 Å². The lowest BCUT2D eigenvalue weighted by atomic mass is 10.3. The Hall–Kier alpha value is -1.31. The van der Waals surface area contributed by atoms with Crippen molar-refractivity contribution in [3.8, 4) is 0 Å². The zero-order valence-electron chi connectivity index (χ0n) is 5.45. The highest BCUT2D eigenvalue weighted by Crippen LogP contribution is 2.20. The van der Waals surface area contributed by atoms with Crippen molar-refractivity contribution in [3.63, 3.8) is 0 Å². The molecular weight excluding hydrogens is 126 g/mol. The van der Waals surface area contributed by atoms with Gasteiger partial charge in [-0.1, -0.05) is 18.2 Å². The van der Waals surface area contributed by atoms with Gasteiger partial charge in [0.05, 0.1) is 0 Å². The Morgan fingerprint density at radius 3 is 2.30 bits per heavy atom. The van der Waals surface area contributed by atoms with E-state index in [4.69, 9.17) is 0 Å². The molecule has 0 bridgehead atoms. The first kappa shape index (κ1) is 5.47. The van der Waals surface area contributed by atoms with Crippen LogP contribution in [0.5, 0.6) is 0 Å². The third-order valence-electron chi connectivity index (χ3n) is 1.56. The summed E-state index contributed by atoms with van der Waals surface area (Å²) >= 11 is 0. The molecule has 1 heterocycles. The SMILES string of the molecule is O=C1CN1c1ccccc1. The highest BCUT2D eigenvalue weighted by Gasteiger charge is 2.30. The van der Waals surface area contributed by atoms with Crippen molar-refractivity contribution in [2.24, 2.45) is 0 Å². The fraction of sp³-hybridized carbons (Fsp3) is 0.125. The smallest absolute Gasteiger partial charge is 0.247 e. The first-order valence-corrected chi connectivity index (χ1v) is 3.23. The lowest BCUT2D eigenvalue weighted by Gasteiger charge is -1.95. The minimum absolute atomic E-state index is 0.214. The van der Waals surface area contributed by atoms with Gasteiger partial charge < -0.3 is 4.90 Å². The monoisotopic (exact) mass is 133 g/mol. The number of nitrogens with zero attached hydrogens (tertiary/aromatic N) is 1. The van der Waals surface area contributed by atoms with Crippen LogP contribution in [-0.4, -0.2) is 12.5 Å². The summed E-state index contributed by atoms with van der Waals surface area (Å²) in [4.78, 5) is 12.3. The van der Waals surface area contributed by atoms with Crippen LogP contribution in [0.15, 0.2) is 30.3 Å². The molecule has 0 radical (unpaired) electrons. The van der Waals surface area contributed by atoms with Crippen molar-refractivity contribution in [2.75, 3.05) is 11.4 Å². The Morgan fingerprint density at radius 2 is 1.80 bits per heavy atom. The first-order valence-electron chi connectivity index (χ1n) is 3.23. The maximum Gasteiger partial charge on any atom is 0.247 e. The summed E-state index contributed by atoms with van der Waals surface area (Å²) in [6.07, 6.45) is 0. The van der Waals surface area contributed by atoms with Gasteiger partial charge in [0.25, 0.3) is 0 Å². The molecule has 1 aromatic carbocycles. The Bertz CT molecular complexity index is 255. The van der Waals surface area contributed by atoms with Gasteiger partial charge >= 0.3 is 0 Å². The number of carbonyl (C=O) groups is 1. The lowest BCUT2D eigenvalue weighted by Crippen LogP contribution is -1.91. The molecule has 1 aromatic rings. The average Bonchev–Trinajstić information content (AvgIpc) is 2.69. The van der Waals surface area contributed by atoms with Gasteiger partial charge in [0.1, 0.15) is 6.54 Å². The molecule has 0 aliphatic carbocycles. The van der Waals surface area contributed by atoms with Gasteiger partial charge in [0.2, 0.25) is 5.91 Å². The van der Waals surface area contributed by atoms with Crippen molar-refractivity contribution >= 4 is 11.6 Å². The van der Waals surface area contributed by atoms with E-state index in [0.29, 0.717) is 6.54 Å². The van der Waals surface area contributed by atoms with E-state index in [1.54, 1.807) is 4.90 Å². The Labute approximate surface area is 59.1 Å². The van der Waals surface area contributed by atoms with Gasteiger partial charge in [-0.2, -0.15) is 0 Å². The minimum atomic E-state index is 0.214. The molecule has 0 spiro atoms. The van der Waals surface area contributed by atoms with E-state index < -0.39 is 0 Å². The molecule has 10 heavy (non-hydrogen) atoms. The normalized spacial score (nSPS) is 15.6. The van der Waals surface area contributed by atoms with Crippen molar-refractivity contribution in [1.82, 2.24) is 0 Å². The summed E-state index contributed by atoms with van der Waals surface area (Å²) in [5.41, 5.74) is 1.01. The average molecular weight is 133 g/mol. The summed E-state index contributed by atoms with van der Waals surface area (Å²) in [7, 11) is 0. The van der Waals surface area contributed by atoms with Crippen molar-refractivity contribution in [1.29, 1.82) is 0 Å². The lowest BCUT2D eigenvalue weighted by molar-refractivity contribution is -0.109. The highest BCUT2D eigenvalue weighted by molar-refractivity contribution is 6.11. The largest absolute Gasteiger partial charge is 0.301 e. The molecule has 50 valence electrons.